The van der Waals surface area contributed by atoms with Crippen molar-refractivity contribution in [1.29, 1.82) is 0 Å². The smallest absolute Gasteiger partial charge is 0.255 e. The van der Waals surface area contributed by atoms with Gasteiger partial charge in [0.15, 0.2) is 0 Å². The van der Waals surface area contributed by atoms with Crippen LogP contribution >= 0.6 is 11.8 Å². The molecule has 3 rings (SSSR count). The maximum absolute atomic E-state index is 13.5. The number of thioether (sulfide) groups is 1. The number of carbonyl (C=O) groups excluding carboxylic acids is 3. The maximum atomic E-state index is 13.5. The first-order chi connectivity index (χ1) is 20.3. The average molecular weight is 590 g/mol. The number of fused-ring (bicyclic) bond motifs is 1. The molecular weight excluding hydrogens is 546 g/mol. The summed E-state index contributed by atoms with van der Waals surface area (Å²) in [6.07, 6.45) is 15.0. The summed E-state index contributed by atoms with van der Waals surface area (Å²) in [6, 6.07) is 7.81. The van der Waals surface area contributed by atoms with E-state index in [2.05, 4.69) is 21.8 Å². The highest BCUT2D eigenvalue weighted by Crippen LogP contribution is 2.40. The van der Waals surface area contributed by atoms with Crippen LogP contribution in [0.2, 0.25) is 0 Å². The lowest BCUT2D eigenvalue weighted by molar-refractivity contribution is -0.118. The molecule has 1 aromatic carbocycles. The normalized spacial score (nSPS) is 20.1. The van der Waals surface area contributed by atoms with Crippen LogP contribution in [0.4, 0.5) is 5.69 Å². The zero-order valence-electron chi connectivity index (χ0n) is 25.0. The van der Waals surface area contributed by atoms with Gasteiger partial charge in [-0.05, 0) is 63.7 Å². The van der Waals surface area contributed by atoms with E-state index in [1.807, 2.05) is 55.2 Å². The lowest BCUT2D eigenvalue weighted by Gasteiger charge is -2.28. The number of nitrogens with two attached hydrogens (primary N) is 1. The first kappa shape index (κ1) is 32.7. The van der Waals surface area contributed by atoms with Gasteiger partial charge in [0.2, 0.25) is 5.91 Å². The Kier molecular flexibility index (Phi) is 12.9. The zero-order valence-corrected chi connectivity index (χ0v) is 25.8. The van der Waals surface area contributed by atoms with Crippen molar-refractivity contribution in [3.8, 4) is 0 Å². The lowest BCUT2D eigenvalue weighted by atomic mass is 10.1. The van der Waals surface area contributed by atoms with E-state index in [1.165, 1.54) is 11.8 Å². The number of para-hydroxylation sites is 1. The molecule has 9 heteroatoms. The van der Waals surface area contributed by atoms with Crippen LogP contribution in [0.3, 0.4) is 0 Å². The molecule has 0 radical (unpaired) electrons. The number of hydrogen-bond donors (Lipinski definition) is 2. The molecule has 2 aliphatic rings. The minimum absolute atomic E-state index is 0.0380. The summed E-state index contributed by atoms with van der Waals surface area (Å²) in [4.78, 5) is 47.7. The molecule has 0 saturated carbocycles. The van der Waals surface area contributed by atoms with E-state index in [0.717, 1.165) is 43.6 Å². The molecule has 3 amide bonds. The Balaban J connectivity index is 1.76. The van der Waals surface area contributed by atoms with Crippen molar-refractivity contribution in [2.24, 2.45) is 10.7 Å². The number of carbonyl (C=O) groups is 3. The van der Waals surface area contributed by atoms with Crippen molar-refractivity contribution >= 4 is 41.4 Å². The number of allylic oxidation sites excluding steroid dienone is 4. The van der Waals surface area contributed by atoms with Gasteiger partial charge in [-0.15, -0.1) is 11.8 Å². The summed E-state index contributed by atoms with van der Waals surface area (Å²) < 4.78 is 0. The van der Waals surface area contributed by atoms with E-state index in [1.54, 1.807) is 31.4 Å². The van der Waals surface area contributed by atoms with Crippen LogP contribution in [0.5, 0.6) is 0 Å². The highest BCUT2D eigenvalue weighted by atomic mass is 32.2. The second-order valence-corrected chi connectivity index (χ2v) is 11.6. The van der Waals surface area contributed by atoms with Gasteiger partial charge in [-0.2, -0.15) is 0 Å². The van der Waals surface area contributed by atoms with Gasteiger partial charge in [0.25, 0.3) is 11.8 Å². The number of anilines is 1. The minimum atomic E-state index is -0.423. The van der Waals surface area contributed by atoms with Crippen molar-refractivity contribution in [1.82, 2.24) is 10.2 Å². The van der Waals surface area contributed by atoms with Crippen LogP contribution in [0.1, 0.15) is 70.1 Å². The van der Waals surface area contributed by atoms with E-state index in [-0.39, 0.29) is 23.5 Å². The van der Waals surface area contributed by atoms with Crippen molar-refractivity contribution in [2.45, 2.75) is 64.5 Å². The molecule has 42 heavy (non-hydrogen) atoms. The highest BCUT2D eigenvalue weighted by Gasteiger charge is 2.23. The Bertz CT molecular complexity index is 1300. The number of likely N-dealkylation sites (tertiary alicyclic amines) is 1. The summed E-state index contributed by atoms with van der Waals surface area (Å²) in [5, 5.41) is 2.94. The second-order valence-electron chi connectivity index (χ2n) is 10.2. The van der Waals surface area contributed by atoms with Gasteiger partial charge in [-0.3, -0.25) is 14.4 Å². The number of hydrogen-bond acceptors (Lipinski definition) is 6. The first-order valence-corrected chi connectivity index (χ1v) is 15.5. The van der Waals surface area contributed by atoms with Gasteiger partial charge in [-0.1, -0.05) is 56.0 Å². The molecular formula is C33H43N5O3S. The molecule has 0 aromatic heterocycles. The quantitative estimate of drug-likeness (QED) is 0.200. The molecule has 2 aliphatic heterocycles. The summed E-state index contributed by atoms with van der Waals surface area (Å²) in [5.41, 5.74) is 8.59. The number of nitrogens with one attached hydrogen (secondary N) is 1. The zero-order chi connectivity index (χ0) is 30.5. The number of benzene rings is 1. The van der Waals surface area contributed by atoms with Crippen molar-refractivity contribution in [3.05, 3.63) is 88.8 Å². The summed E-state index contributed by atoms with van der Waals surface area (Å²) >= 11 is 1.42. The molecule has 1 unspecified atom stereocenters. The molecule has 2 heterocycles. The Hall–Kier alpha value is -3.85. The van der Waals surface area contributed by atoms with Gasteiger partial charge in [0, 0.05) is 48.9 Å². The third-order valence-electron chi connectivity index (χ3n) is 7.08. The van der Waals surface area contributed by atoms with Crippen molar-refractivity contribution < 1.29 is 14.4 Å². The molecule has 1 aromatic rings. The number of aliphatic imine (C=N–C) groups is 1. The topological polar surface area (TPSA) is 108 Å². The highest BCUT2D eigenvalue weighted by molar-refractivity contribution is 8.04. The molecule has 0 aliphatic carbocycles. The largest absolute Gasteiger partial charge is 0.365 e. The fourth-order valence-electron chi connectivity index (χ4n) is 4.97. The molecule has 0 spiro atoms. The number of rotatable bonds is 10. The van der Waals surface area contributed by atoms with Gasteiger partial charge in [0.1, 0.15) is 5.82 Å². The molecule has 1 atom stereocenters. The predicted octanol–water partition coefficient (Wildman–Crippen LogP) is 5.92. The number of nitrogens with zero attached hydrogens (tertiary/aromatic N) is 3. The van der Waals surface area contributed by atoms with Crippen LogP contribution in [-0.2, 0) is 14.4 Å². The van der Waals surface area contributed by atoms with Crippen LogP contribution in [-0.4, -0.2) is 48.5 Å². The fourth-order valence-corrected chi connectivity index (χ4v) is 6.01. The average Bonchev–Trinajstić information content (AvgIpc) is 3.51. The van der Waals surface area contributed by atoms with E-state index < -0.39 is 5.91 Å². The van der Waals surface area contributed by atoms with Gasteiger partial charge in [-0.25, -0.2) is 4.99 Å². The SMILES string of the molecule is C=C/C=N\C(=C(/C)C(=O)NC(/C=C\CC(=O)N1CCC/C=C(/C(N)=O)SC(C)c2ccccc21)=C/CC)N1CCCC1. The van der Waals surface area contributed by atoms with Crippen LogP contribution in [0.15, 0.2) is 88.2 Å². The standard InChI is InChI=1S/C33H43N5O3S/c1-5-14-26(36-33(41)24(3)32(35-20-6-2)37-21-11-12-22-37)15-13-19-30(39)38-23-10-9-18-29(31(34)40)42-25(4)27-16-7-8-17-28(27)38/h6-8,13-18,20,25H,2,5,9-12,19,21-23H2,1,3-4H3,(H2,34,40)(H,36,41)/b15-13-,26-14+,29-18-,32-24-,35-20-. The molecule has 3 N–H and O–H groups in total. The molecule has 1 saturated heterocycles. The summed E-state index contributed by atoms with van der Waals surface area (Å²) in [6.45, 7) is 11.8. The lowest BCUT2D eigenvalue weighted by Crippen LogP contribution is -2.32. The monoisotopic (exact) mass is 589 g/mol. The number of amides is 3. The van der Waals surface area contributed by atoms with Crippen molar-refractivity contribution in [3.63, 3.8) is 0 Å². The van der Waals surface area contributed by atoms with E-state index in [9.17, 15) is 14.4 Å². The Labute approximate surface area is 254 Å². The van der Waals surface area contributed by atoms with Crippen LogP contribution in [0.25, 0.3) is 0 Å². The Morgan fingerprint density at radius 3 is 2.60 bits per heavy atom. The van der Waals surface area contributed by atoms with Crippen LogP contribution in [0, 0.1) is 0 Å². The van der Waals surface area contributed by atoms with Gasteiger partial charge < -0.3 is 20.9 Å². The molecule has 224 valence electrons. The van der Waals surface area contributed by atoms with Gasteiger partial charge in [0.05, 0.1) is 10.5 Å². The van der Waals surface area contributed by atoms with Crippen molar-refractivity contribution in [2.75, 3.05) is 24.5 Å². The second kappa shape index (κ2) is 16.6. The van der Waals surface area contributed by atoms with Crippen LogP contribution < -0.4 is 16.0 Å². The van der Waals surface area contributed by atoms with E-state index in [4.69, 9.17) is 5.73 Å². The minimum Gasteiger partial charge on any atom is -0.365 e. The summed E-state index contributed by atoms with van der Waals surface area (Å²) in [7, 11) is 0. The number of primary amides is 1. The maximum Gasteiger partial charge on any atom is 0.255 e. The fraction of sp³-hybridized carbons (Fsp3) is 0.394. The first-order valence-electron chi connectivity index (χ1n) is 14.6. The molecule has 8 nitrogen and oxygen atoms in total. The third kappa shape index (κ3) is 9.08. The Morgan fingerprint density at radius 1 is 1.17 bits per heavy atom. The molecule has 1 fully saturated rings. The Morgan fingerprint density at radius 2 is 1.90 bits per heavy atom. The summed E-state index contributed by atoms with van der Waals surface area (Å²) in [5.74, 6) is -0.0291. The van der Waals surface area contributed by atoms with E-state index in [0.29, 0.717) is 41.4 Å². The van der Waals surface area contributed by atoms with Gasteiger partial charge >= 0.3 is 0 Å². The van der Waals surface area contributed by atoms with E-state index >= 15 is 0 Å². The molecule has 0 bridgehead atoms. The predicted molar refractivity (Wildman–Crippen MR) is 174 cm³/mol. The third-order valence-corrected chi connectivity index (χ3v) is 8.31.